The summed E-state index contributed by atoms with van der Waals surface area (Å²) >= 11 is 0. The molecule has 1 saturated heterocycles. The summed E-state index contributed by atoms with van der Waals surface area (Å²) in [6, 6.07) is 12.4. The van der Waals surface area contributed by atoms with Gasteiger partial charge in [0.2, 0.25) is 5.89 Å². The molecule has 0 unspecified atom stereocenters. The summed E-state index contributed by atoms with van der Waals surface area (Å²) in [5.41, 5.74) is 4.38. The molecule has 1 fully saturated rings. The minimum Gasteiger partial charge on any atom is -0.441 e. The van der Waals surface area contributed by atoms with Crippen molar-refractivity contribution in [1.29, 1.82) is 0 Å². The van der Waals surface area contributed by atoms with Crippen LogP contribution in [0.1, 0.15) is 41.6 Å². The van der Waals surface area contributed by atoms with Gasteiger partial charge in [-0.3, -0.25) is 9.78 Å². The number of carbonyl (C=O) groups is 1. The molecule has 0 N–H and O–H groups in total. The van der Waals surface area contributed by atoms with Gasteiger partial charge < -0.3 is 14.2 Å². The zero-order valence-corrected chi connectivity index (χ0v) is 18.8. The molecule has 0 bridgehead atoms. The number of pyridine rings is 1. The Bertz CT molecular complexity index is 1040. The van der Waals surface area contributed by atoms with Crippen molar-refractivity contribution in [3.63, 3.8) is 0 Å². The fourth-order valence-corrected chi connectivity index (χ4v) is 4.09. The SMILES string of the molecule is Cc1oc(-c2ccc(-c3ccc(C(=O)N(C)C)cn3)cc2)nc1CCN1CCC[C@H]1C. The van der Waals surface area contributed by atoms with E-state index in [-0.39, 0.29) is 5.91 Å². The minimum atomic E-state index is -0.0522. The van der Waals surface area contributed by atoms with E-state index in [4.69, 9.17) is 9.40 Å². The van der Waals surface area contributed by atoms with Gasteiger partial charge in [-0.15, -0.1) is 0 Å². The van der Waals surface area contributed by atoms with Gasteiger partial charge in [0.25, 0.3) is 5.91 Å². The third kappa shape index (κ3) is 4.69. The second-order valence-corrected chi connectivity index (χ2v) is 8.51. The first kappa shape index (κ1) is 21.2. The summed E-state index contributed by atoms with van der Waals surface area (Å²) in [5.74, 6) is 1.51. The van der Waals surface area contributed by atoms with Gasteiger partial charge in [-0.1, -0.05) is 12.1 Å². The van der Waals surface area contributed by atoms with E-state index >= 15 is 0 Å². The lowest BCUT2D eigenvalue weighted by molar-refractivity contribution is 0.0827. The lowest BCUT2D eigenvalue weighted by Crippen LogP contribution is -2.29. The standard InChI is InChI=1S/C25H30N4O2/c1-17-6-5-14-29(17)15-13-22-18(2)31-24(27-22)20-9-7-19(8-10-20)23-12-11-21(16-26-23)25(30)28(3)4/h7-12,16-17H,5-6,13-15H2,1-4H3/t17-/m1/s1. The van der Waals surface area contributed by atoms with E-state index in [9.17, 15) is 4.79 Å². The van der Waals surface area contributed by atoms with Gasteiger partial charge in [0.1, 0.15) is 5.76 Å². The van der Waals surface area contributed by atoms with Crippen LogP contribution in [0.5, 0.6) is 0 Å². The molecule has 6 nitrogen and oxygen atoms in total. The monoisotopic (exact) mass is 418 g/mol. The average molecular weight is 419 g/mol. The van der Waals surface area contributed by atoms with E-state index in [1.54, 1.807) is 25.2 Å². The highest BCUT2D eigenvalue weighted by molar-refractivity contribution is 5.93. The number of rotatable bonds is 6. The summed E-state index contributed by atoms with van der Waals surface area (Å²) in [7, 11) is 3.47. The number of aromatic nitrogens is 2. The van der Waals surface area contributed by atoms with Crippen LogP contribution in [0.4, 0.5) is 0 Å². The molecule has 1 aliphatic rings. The number of carbonyl (C=O) groups excluding carboxylic acids is 1. The molecule has 3 heterocycles. The lowest BCUT2D eigenvalue weighted by atomic mass is 10.1. The third-order valence-corrected chi connectivity index (χ3v) is 6.06. The number of hydrogen-bond donors (Lipinski definition) is 0. The Morgan fingerprint density at radius 3 is 2.52 bits per heavy atom. The summed E-state index contributed by atoms with van der Waals surface area (Å²) < 4.78 is 5.97. The Kier molecular flexibility index (Phi) is 6.18. The van der Waals surface area contributed by atoms with Crippen molar-refractivity contribution in [2.24, 2.45) is 0 Å². The van der Waals surface area contributed by atoms with E-state index < -0.39 is 0 Å². The zero-order chi connectivity index (χ0) is 22.0. The second-order valence-electron chi connectivity index (χ2n) is 8.51. The van der Waals surface area contributed by atoms with Crippen LogP contribution in [-0.2, 0) is 6.42 Å². The Morgan fingerprint density at radius 2 is 1.90 bits per heavy atom. The van der Waals surface area contributed by atoms with Gasteiger partial charge in [-0.05, 0) is 57.5 Å². The van der Waals surface area contributed by atoms with Crippen molar-refractivity contribution < 1.29 is 9.21 Å². The predicted molar refractivity (Wildman–Crippen MR) is 122 cm³/mol. The van der Waals surface area contributed by atoms with Crippen LogP contribution >= 0.6 is 0 Å². The number of hydrogen-bond acceptors (Lipinski definition) is 5. The minimum absolute atomic E-state index is 0.0522. The van der Waals surface area contributed by atoms with Crippen LogP contribution in [-0.4, -0.2) is 58.9 Å². The van der Waals surface area contributed by atoms with Crippen molar-refractivity contribution >= 4 is 5.91 Å². The molecule has 3 aromatic rings. The molecule has 162 valence electrons. The first-order valence-corrected chi connectivity index (χ1v) is 10.9. The summed E-state index contributed by atoms with van der Waals surface area (Å²) in [6.07, 6.45) is 5.12. The van der Waals surface area contributed by atoms with E-state index in [0.717, 1.165) is 41.2 Å². The molecule has 31 heavy (non-hydrogen) atoms. The van der Waals surface area contributed by atoms with Gasteiger partial charge >= 0.3 is 0 Å². The van der Waals surface area contributed by atoms with Crippen LogP contribution in [0.2, 0.25) is 0 Å². The molecule has 1 amide bonds. The maximum atomic E-state index is 12.0. The van der Waals surface area contributed by atoms with Crippen LogP contribution < -0.4 is 0 Å². The van der Waals surface area contributed by atoms with Crippen molar-refractivity contribution in [3.8, 4) is 22.7 Å². The van der Waals surface area contributed by atoms with Gasteiger partial charge in [-0.2, -0.15) is 0 Å². The number of aryl methyl sites for hydroxylation is 1. The van der Waals surface area contributed by atoms with Gasteiger partial charge in [0.15, 0.2) is 0 Å². The smallest absolute Gasteiger partial charge is 0.254 e. The highest BCUT2D eigenvalue weighted by atomic mass is 16.4. The largest absolute Gasteiger partial charge is 0.441 e. The second kappa shape index (κ2) is 9.02. The predicted octanol–water partition coefficient (Wildman–Crippen LogP) is 4.44. The maximum absolute atomic E-state index is 12.0. The summed E-state index contributed by atoms with van der Waals surface area (Å²) in [5, 5.41) is 0. The number of amides is 1. The summed E-state index contributed by atoms with van der Waals surface area (Å²) in [6.45, 7) is 6.52. The number of benzene rings is 1. The number of nitrogens with zero attached hydrogens (tertiary/aromatic N) is 4. The van der Waals surface area contributed by atoms with E-state index in [1.165, 1.54) is 19.4 Å². The van der Waals surface area contributed by atoms with Crippen molar-refractivity contribution in [1.82, 2.24) is 19.8 Å². The molecule has 2 aromatic heterocycles. The third-order valence-electron chi connectivity index (χ3n) is 6.06. The highest BCUT2D eigenvalue weighted by Gasteiger charge is 2.21. The van der Waals surface area contributed by atoms with Crippen LogP contribution in [0.25, 0.3) is 22.7 Å². The molecule has 1 atom stereocenters. The fourth-order valence-electron chi connectivity index (χ4n) is 4.09. The van der Waals surface area contributed by atoms with Crippen LogP contribution in [0.3, 0.4) is 0 Å². The Labute approximate surface area is 183 Å². The molecule has 6 heteroatoms. The van der Waals surface area contributed by atoms with Gasteiger partial charge in [0, 0.05) is 50.4 Å². The normalized spacial score (nSPS) is 16.6. The van der Waals surface area contributed by atoms with Gasteiger partial charge in [0.05, 0.1) is 17.0 Å². The average Bonchev–Trinajstić information content (AvgIpc) is 3.36. The van der Waals surface area contributed by atoms with Crippen molar-refractivity contribution in [2.45, 2.75) is 39.2 Å². The quantitative estimate of drug-likeness (QED) is 0.592. The van der Waals surface area contributed by atoms with E-state index in [0.29, 0.717) is 17.5 Å². The maximum Gasteiger partial charge on any atom is 0.254 e. The van der Waals surface area contributed by atoms with Crippen molar-refractivity contribution in [2.75, 3.05) is 27.2 Å². The molecule has 1 aliphatic heterocycles. The topological polar surface area (TPSA) is 62.5 Å². The molecule has 0 saturated carbocycles. The van der Waals surface area contributed by atoms with E-state index in [2.05, 4.69) is 16.8 Å². The molecular weight excluding hydrogens is 388 g/mol. The fraction of sp³-hybridized carbons (Fsp3) is 0.400. The first-order chi connectivity index (χ1) is 14.9. The lowest BCUT2D eigenvalue weighted by Gasteiger charge is -2.20. The number of oxazole rings is 1. The van der Waals surface area contributed by atoms with E-state index in [1.807, 2.05) is 43.3 Å². The first-order valence-electron chi connectivity index (χ1n) is 10.9. The van der Waals surface area contributed by atoms with Crippen LogP contribution in [0.15, 0.2) is 47.0 Å². The molecule has 1 aromatic carbocycles. The Hall–Kier alpha value is -2.99. The highest BCUT2D eigenvalue weighted by Crippen LogP contribution is 2.26. The van der Waals surface area contributed by atoms with Gasteiger partial charge in [-0.25, -0.2) is 4.98 Å². The van der Waals surface area contributed by atoms with Crippen LogP contribution in [0, 0.1) is 6.92 Å². The number of likely N-dealkylation sites (tertiary alicyclic amines) is 1. The molecule has 0 radical (unpaired) electrons. The molecular formula is C25H30N4O2. The van der Waals surface area contributed by atoms with Crippen molar-refractivity contribution in [3.05, 3.63) is 59.6 Å². The Morgan fingerprint density at radius 1 is 1.16 bits per heavy atom. The molecule has 0 aliphatic carbocycles. The molecule has 0 spiro atoms. The molecule has 4 rings (SSSR count). The Balaban J connectivity index is 1.45. The zero-order valence-electron chi connectivity index (χ0n) is 18.8. The summed E-state index contributed by atoms with van der Waals surface area (Å²) in [4.78, 5) is 25.3.